The van der Waals surface area contributed by atoms with Crippen molar-refractivity contribution in [3.05, 3.63) is 78.6 Å². The van der Waals surface area contributed by atoms with Crippen LogP contribution in [0.4, 0.5) is 18.9 Å². The summed E-state index contributed by atoms with van der Waals surface area (Å²) in [5, 5.41) is 0. The molecule has 0 amide bonds. The first-order valence-electron chi connectivity index (χ1n) is 7.47. The maximum Gasteiger partial charge on any atom is 0.416 e. The molecular weight excluding hydrogens is 365 g/mol. The minimum absolute atomic E-state index is 0.0789. The van der Waals surface area contributed by atoms with E-state index in [1.807, 2.05) is 0 Å². The van der Waals surface area contributed by atoms with Crippen LogP contribution in [-0.4, -0.2) is 13.4 Å². The maximum absolute atomic E-state index is 12.7. The van der Waals surface area contributed by atoms with Crippen LogP contribution in [0, 0.1) is 0 Å². The monoisotopic (exact) mass is 378 g/mol. The van der Waals surface area contributed by atoms with Gasteiger partial charge >= 0.3 is 6.18 Å². The first-order chi connectivity index (χ1) is 12.3. The molecule has 1 aromatic heterocycles. The van der Waals surface area contributed by atoms with Gasteiger partial charge in [-0.15, -0.1) is 0 Å². The summed E-state index contributed by atoms with van der Waals surface area (Å²) < 4.78 is 65.6. The molecule has 0 spiro atoms. The van der Waals surface area contributed by atoms with Crippen LogP contribution in [0.5, 0.6) is 0 Å². The molecule has 0 saturated carbocycles. The van der Waals surface area contributed by atoms with E-state index in [9.17, 15) is 21.6 Å². The van der Waals surface area contributed by atoms with Crippen LogP contribution in [0.15, 0.2) is 78.0 Å². The number of anilines is 1. The fraction of sp³-hybridized carbons (Fsp3) is 0.0556. The molecule has 1 N–H and O–H groups in total. The topological polar surface area (TPSA) is 59.1 Å². The lowest BCUT2D eigenvalue weighted by atomic mass is 10.0. The van der Waals surface area contributed by atoms with E-state index < -0.39 is 21.8 Å². The Bertz CT molecular complexity index is 1000. The van der Waals surface area contributed by atoms with Crippen molar-refractivity contribution in [3.63, 3.8) is 0 Å². The number of sulfonamides is 1. The summed E-state index contributed by atoms with van der Waals surface area (Å²) in [6, 6.07) is 13.7. The molecule has 0 radical (unpaired) electrons. The summed E-state index contributed by atoms with van der Waals surface area (Å²) in [5.74, 6) is 0. The average Bonchev–Trinajstić information content (AvgIpc) is 2.62. The van der Waals surface area contributed by atoms with Gasteiger partial charge in [0, 0.05) is 18.0 Å². The molecule has 26 heavy (non-hydrogen) atoms. The van der Waals surface area contributed by atoms with Crippen LogP contribution in [0.25, 0.3) is 11.1 Å². The van der Waals surface area contributed by atoms with Crippen molar-refractivity contribution < 1.29 is 21.6 Å². The van der Waals surface area contributed by atoms with E-state index in [4.69, 9.17) is 0 Å². The van der Waals surface area contributed by atoms with Gasteiger partial charge in [0.05, 0.1) is 16.1 Å². The highest BCUT2D eigenvalue weighted by Crippen LogP contribution is 2.33. The van der Waals surface area contributed by atoms with Gasteiger partial charge in [-0.3, -0.25) is 9.71 Å². The normalized spacial score (nSPS) is 12.0. The lowest BCUT2D eigenvalue weighted by Gasteiger charge is -2.13. The predicted molar refractivity (Wildman–Crippen MR) is 91.9 cm³/mol. The third kappa shape index (κ3) is 3.85. The Balaban J connectivity index is 1.97. The van der Waals surface area contributed by atoms with Gasteiger partial charge in [0.2, 0.25) is 0 Å². The molecule has 8 heteroatoms. The van der Waals surface area contributed by atoms with Gasteiger partial charge in [-0.25, -0.2) is 8.42 Å². The zero-order valence-corrected chi connectivity index (χ0v) is 14.1. The number of pyridine rings is 1. The number of hydrogen-bond acceptors (Lipinski definition) is 3. The molecule has 0 unspecified atom stereocenters. The highest BCUT2D eigenvalue weighted by atomic mass is 32.2. The van der Waals surface area contributed by atoms with Crippen molar-refractivity contribution in [2.45, 2.75) is 11.1 Å². The van der Waals surface area contributed by atoms with Gasteiger partial charge in [-0.1, -0.05) is 30.3 Å². The molecule has 0 fully saturated rings. The molecule has 134 valence electrons. The average molecular weight is 378 g/mol. The highest BCUT2D eigenvalue weighted by molar-refractivity contribution is 7.92. The minimum Gasteiger partial charge on any atom is -0.279 e. The molecule has 4 nitrogen and oxygen atoms in total. The van der Waals surface area contributed by atoms with Crippen LogP contribution in [-0.2, 0) is 16.2 Å². The quantitative estimate of drug-likeness (QED) is 0.724. The molecule has 3 aromatic rings. The number of halogens is 3. The number of hydrogen-bond donors (Lipinski definition) is 1. The zero-order chi connectivity index (χ0) is 18.8. The summed E-state index contributed by atoms with van der Waals surface area (Å²) in [5.41, 5.74) is 0.234. The van der Waals surface area contributed by atoms with E-state index >= 15 is 0 Å². The second-order valence-electron chi connectivity index (χ2n) is 5.41. The standard InChI is InChI=1S/C18H13F3N2O2S/c19-18(20,21)14-8-6-13(7-9-14)16-12-22-11-10-17(16)23-26(24,25)15-4-2-1-3-5-15/h1-12H,(H,22,23). The van der Waals surface area contributed by atoms with E-state index in [0.29, 0.717) is 11.1 Å². The van der Waals surface area contributed by atoms with Crippen molar-refractivity contribution in [3.8, 4) is 11.1 Å². The Hall–Kier alpha value is -2.87. The van der Waals surface area contributed by atoms with Crippen molar-refractivity contribution in [2.75, 3.05) is 4.72 Å². The smallest absolute Gasteiger partial charge is 0.279 e. The number of rotatable bonds is 4. The molecule has 3 rings (SSSR count). The third-order valence-corrected chi connectivity index (χ3v) is 5.02. The lowest BCUT2D eigenvalue weighted by Crippen LogP contribution is -2.13. The fourth-order valence-corrected chi connectivity index (χ4v) is 3.46. The molecule has 0 atom stereocenters. The lowest BCUT2D eigenvalue weighted by molar-refractivity contribution is -0.137. The molecule has 0 aliphatic rings. The maximum atomic E-state index is 12.7. The van der Waals surface area contributed by atoms with Gasteiger partial charge in [-0.05, 0) is 35.9 Å². The summed E-state index contributed by atoms with van der Waals surface area (Å²) >= 11 is 0. The Morgan fingerprint density at radius 3 is 2.15 bits per heavy atom. The molecule has 1 heterocycles. The van der Waals surface area contributed by atoms with Crippen molar-refractivity contribution in [1.82, 2.24) is 4.98 Å². The van der Waals surface area contributed by atoms with E-state index in [1.165, 1.54) is 42.7 Å². The van der Waals surface area contributed by atoms with Gasteiger partial charge in [0.15, 0.2) is 0 Å². The Labute approximate surface area is 148 Å². The first-order valence-corrected chi connectivity index (χ1v) is 8.95. The van der Waals surface area contributed by atoms with Crippen LogP contribution in [0.1, 0.15) is 5.56 Å². The summed E-state index contributed by atoms with van der Waals surface area (Å²) in [6.45, 7) is 0. The van der Waals surface area contributed by atoms with E-state index in [1.54, 1.807) is 18.2 Å². The second-order valence-corrected chi connectivity index (χ2v) is 7.10. The number of nitrogens with one attached hydrogen (secondary N) is 1. The van der Waals surface area contributed by atoms with E-state index in [-0.39, 0.29) is 10.6 Å². The number of benzene rings is 2. The predicted octanol–water partition coefficient (Wildman–Crippen LogP) is 4.57. The van der Waals surface area contributed by atoms with Crippen molar-refractivity contribution >= 4 is 15.7 Å². The molecule has 0 bridgehead atoms. The SMILES string of the molecule is O=S(=O)(Nc1ccncc1-c1ccc(C(F)(F)F)cc1)c1ccccc1. The third-order valence-electron chi connectivity index (χ3n) is 3.64. The zero-order valence-electron chi connectivity index (χ0n) is 13.2. The Kier molecular flexibility index (Phi) is 4.69. The Morgan fingerprint density at radius 1 is 0.885 bits per heavy atom. The largest absolute Gasteiger partial charge is 0.416 e. The van der Waals surface area contributed by atoms with Crippen LogP contribution < -0.4 is 4.72 Å². The van der Waals surface area contributed by atoms with Crippen LogP contribution in [0.3, 0.4) is 0 Å². The summed E-state index contributed by atoms with van der Waals surface area (Å²) in [4.78, 5) is 4.02. The summed E-state index contributed by atoms with van der Waals surface area (Å²) in [7, 11) is -3.83. The Morgan fingerprint density at radius 2 is 1.54 bits per heavy atom. The second kappa shape index (κ2) is 6.80. The summed E-state index contributed by atoms with van der Waals surface area (Å²) in [6.07, 6.45) is -1.65. The number of aromatic nitrogens is 1. The molecular formula is C18H13F3N2O2S. The van der Waals surface area contributed by atoms with Crippen LogP contribution >= 0.6 is 0 Å². The fourth-order valence-electron chi connectivity index (χ4n) is 2.36. The van der Waals surface area contributed by atoms with E-state index in [0.717, 1.165) is 12.1 Å². The molecule has 0 aliphatic carbocycles. The van der Waals surface area contributed by atoms with Crippen molar-refractivity contribution in [1.29, 1.82) is 0 Å². The minimum atomic E-state index is -4.44. The van der Waals surface area contributed by atoms with Gasteiger partial charge in [-0.2, -0.15) is 13.2 Å². The number of nitrogens with zero attached hydrogens (tertiary/aromatic N) is 1. The first kappa shape index (κ1) is 17.9. The highest BCUT2D eigenvalue weighted by Gasteiger charge is 2.30. The van der Waals surface area contributed by atoms with Crippen LogP contribution in [0.2, 0.25) is 0 Å². The molecule has 2 aromatic carbocycles. The van der Waals surface area contributed by atoms with Crippen molar-refractivity contribution in [2.24, 2.45) is 0 Å². The van der Waals surface area contributed by atoms with Gasteiger partial charge in [0.1, 0.15) is 0 Å². The molecule has 0 saturated heterocycles. The molecule has 0 aliphatic heterocycles. The van der Waals surface area contributed by atoms with Gasteiger partial charge in [0.25, 0.3) is 10.0 Å². The van der Waals surface area contributed by atoms with E-state index in [2.05, 4.69) is 9.71 Å². The number of alkyl halides is 3. The van der Waals surface area contributed by atoms with Gasteiger partial charge < -0.3 is 0 Å².